The summed E-state index contributed by atoms with van der Waals surface area (Å²) < 4.78 is 4.74. The summed E-state index contributed by atoms with van der Waals surface area (Å²) in [7, 11) is 1.82. The van der Waals surface area contributed by atoms with Crippen LogP contribution >= 0.6 is 0 Å². The number of rotatable bonds is 3. The molecule has 0 saturated carbocycles. The summed E-state index contributed by atoms with van der Waals surface area (Å²) in [5, 5.41) is 6.83. The van der Waals surface area contributed by atoms with Gasteiger partial charge in [-0.1, -0.05) is 5.16 Å². The molecule has 1 saturated heterocycles. The highest BCUT2D eigenvalue weighted by atomic mass is 16.5. The molecule has 1 amide bonds. The van der Waals surface area contributed by atoms with E-state index in [1.165, 1.54) is 6.26 Å². The number of hydrogen-bond donors (Lipinski definition) is 1. The monoisotopic (exact) mass is 209 g/mol. The van der Waals surface area contributed by atoms with Crippen molar-refractivity contribution in [2.24, 2.45) is 0 Å². The number of aromatic nitrogens is 1. The maximum atomic E-state index is 11.9. The van der Waals surface area contributed by atoms with Crippen LogP contribution in [0.1, 0.15) is 18.5 Å². The maximum Gasteiger partial charge on any atom is 0.240 e. The fourth-order valence-electron chi connectivity index (χ4n) is 1.88. The number of nitrogens with one attached hydrogen (secondary N) is 1. The number of hydrogen-bond acceptors (Lipinski definition) is 4. The number of carbonyl (C=O) groups excluding carboxylic acids is 1. The minimum Gasteiger partial charge on any atom is -0.364 e. The molecule has 15 heavy (non-hydrogen) atoms. The summed E-state index contributed by atoms with van der Waals surface area (Å²) in [5.41, 5.74) is 0.806. The van der Waals surface area contributed by atoms with Crippen LogP contribution in [0.4, 0.5) is 0 Å². The van der Waals surface area contributed by atoms with Gasteiger partial charge in [-0.2, -0.15) is 0 Å². The van der Waals surface area contributed by atoms with Crippen molar-refractivity contribution in [1.82, 2.24) is 15.4 Å². The Kier molecular flexibility index (Phi) is 3.01. The Bertz CT molecular complexity index is 323. The Morgan fingerprint density at radius 3 is 3.27 bits per heavy atom. The average molecular weight is 209 g/mol. The van der Waals surface area contributed by atoms with Gasteiger partial charge in [-0.05, 0) is 19.9 Å². The second kappa shape index (κ2) is 4.44. The topological polar surface area (TPSA) is 58.4 Å². The lowest BCUT2D eigenvalue weighted by atomic mass is 10.0. The predicted octanol–water partition coefficient (Wildman–Crippen LogP) is 0.385. The Balaban J connectivity index is 1.99. The van der Waals surface area contributed by atoms with Gasteiger partial charge in [0.2, 0.25) is 5.91 Å². The van der Waals surface area contributed by atoms with Crippen molar-refractivity contribution in [3.8, 4) is 0 Å². The van der Waals surface area contributed by atoms with Gasteiger partial charge in [0.15, 0.2) is 0 Å². The average Bonchev–Trinajstić information content (AvgIpc) is 2.74. The van der Waals surface area contributed by atoms with Crippen LogP contribution in [0.25, 0.3) is 0 Å². The standard InChI is InChI=1S/C10H15N3O2/c1-11-9-3-2-5-13(10(9)14)7-8-4-6-15-12-8/h4,6,9,11H,2-3,5,7H2,1H3. The smallest absolute Gasteiger partial charge is 0.240 e. The molecule has 1 aliphatic rings. The van der Waals surface area contributed by atoms with Gasteiger partial charge in [0.05, 0.1) is 12.6 Å². The third-order valence-corrected chi connectivity index (χ3v) is 2.72. The van der Waals surface area contributed by atoms with Gasteiger partial charge in [0, 0.05) is 12.6 Å². The van der Waals surface area contributed by atoms with E-state index in [0.29, 0.717) is 6.54 Å². The molecule has 5 nitrogen and oxygen atoms in total. The SMILES string of the molecule is CNC1CCCN(Cc2ccon2)C1=O. The van der Waals surface area contributed by atoms with E-state index in [1.54, 1.807) is 6.07 Å². The molecule has 1 aromatic rings. The molecule has 82 valence electrons. The predicted molar refractivity (Wildman–Crippen MR) is 54.0 cm³/mol. The molecule has 5 heteroatoms. The van der Waals surface area contributed by atoms with Gasteiger partial charge in [0.25, 0.3) is 0 Å². The van der Waals surface area contributed by atoms with Crippen molar-refractivity contribution in [2.75, 3.05) is 13.6 Å². The van der Waals surface area contributed by atoms with E-state index in [-0.39, 0.29) is 11.9 Å². The van der Waals surface area contributed by atoms with Crippen molar-refractivity contribution in [1.29, 1.82) is 0 Å². The molecule has 1 unspecified atom stereocenters. The Hall–Kier alpha value is -1.36. The molecular formula is C10H15N3O2. The van der Waals surface area contributed by atoms with E-state index in [4.69, 9.17) is 4.52 Å². The Morgan fingerprint density at radius 2 is 2.60 bits per heavy atom. The summed E-state index contributed by atoms with van der Waals surface area (Å²) in [6.07, 6.45) is 3.49. The second-order valence-electron chi connectivity index (χ2n) is 3.73. The number of amides is 1. The molecule has 0 bridgehead atoms. The Morgan fingerprint density at radius 1 is 1.73 bits per heavy atom. The molecule has 1 aromatic heterocycles. The minimum absolute atomic E-state index is 0.0364. The van der Waals surface area contributed by atoms with Gasteiger partial charge in [-0.25, -0.2) is 0 Å². The highest BCUT2D eigenvalue weighted by Crippen LogP contribution is 2.13. The second-order valence-corrected chi connectivity index (χ2v) is 3.73. The van der Waals surface area contributed by atoms with Crippen molar-refractivity contribution in [3.63, 3.8) is 0 Å². The zero-order chi connectivity index (χ0) is 10.7. The first-order chi connectivity index (χ1) is 7.31. The fourth-order valence-corrected chi connectivity index (χ4v) is 1.88. The van der Waals surface area contributed by atoms with Crippen molar-refractivity contribution >= 4 is 5.91 Å². The van der Waals surface area contributed by atoms with Crippen LogP contribution in [-0.4, -0.2) is 35.6 Å². The van der Waals surface area contributed by atoms with Gasteiger partial charge >= 0.3 is 0 Å². The highest BCUT2D eigenvalue weighted by molar-refractivity contribution is 5.82. The summed E-state index contributed by atoms with van der Waals surface area (Å²) in [5.74, 6) is 0.159. The van der Waals surface area contributed by atoms with Crippen LogP contribution in [0.15, 0.2) is 16.9 Å². The minimum atomic E-state index is -0.0364. The van der Waals surface area contributed by atoms with Gasteiger partial charge in [-0.3, -0.25) is 4.79 Å². The molecular weight excluding hydrogens is 194 g/mol. The van der Waals surface area contributed by atoms with E-state index in [0.717, 1.165) is 25.1 Å². The molecule has 1 N–H and O–H groups in total. The van der Waals surface area contributed by atoms with Crippen molar-refractivity contribution in [3.05, 3.63) is 18.0 Å². The van der Waals surface area contributed by atoms with Gasteiger partial charge in [-0.15, -0.1) is 0 Å². The van der Waals surface area contributed by atoms with E-state index < -0.39 is 0 Å². The molecule has 2 rings (SSSR count). The summed E-state index contributed by atoms with van der Waals surface area (Å²) in [6, 6.07) is 1.75. The van der Waals surface area contributed by atoms with Crippen LogP contribution in [0, 0.1) is 0 Å². The number of likely N-dealkylation sites (N-methyl/N-ethyl adjacent to an activating group) is 1. The van der Waals surface area contributed by atoms with Crippen LogP contribution < -0.4 is 5.32 Å². The van der Waals surface area contributed by atoms with Gasteiger partial charge in [0.1, 0.15) is 12.0 Å². The molecule has 1 atom stereocenters. The normalized spacial score (nSPS) is 22.1. The molecule has 0 aromatic carbocycles. The van der Waals surface area contributed by atoms with Crippen LogP contribution in [-0.2, 0) is 11.3 Å². The highest BCUT2D eigenvalue weighted by Gasteiger charge is 2.27. The van der Waals surface area contributed by atoms with E-state index >= 15 is 0 Å². The molecule has 2 heterocycles. The first-order valence-electron chi connectivity index (χ1n) is 5.16. The molecule has 0 spiro atoms. The van der Waals surface area contributed by atoms with Crippen molar-refractivity contribution < 1.29 is 9.32 Å². The quantitative estimate of drug-likeness (QED) is 0.782. The van der Waals surface area contributed by atoms with Crippen LogP contribution in [0.5, 0.6) is 0 Å². The van der Waals surface area contributed by atoms with Crippen molar-refractivity contribution in [2.45, 2.75) is 25.4 Å². The van der Waals surface area contributed by atoms with E-state index in [1.807, 2.05) is 11.9 Å². The zero-order valence-corrected chi connectivity index (χ0v) is 8.77. The van der Waals surface area contributed by atoms with E-state index in [9.17, 15) is 4.79 Å². The van der Waals surface area contributed by atoms with Crippen LogP contribution in [0.3, 0.4) is 0 Å². The third-order valence-electron chi connectivity index (χ3n) is 2.72. The molecule has 0 aliphatic carbocycles. The maximum absolute atomic E-state index is 11.9. The number of piperidine rings is 1. The molecule has 1 aliphatic heterocycles. The third kappa shape index (κ3) is 2.18. The number of nitrogens with zero attached hydrogens (tertiary/aromatic N) is 2. The summed E-state index contributed by atoms with van der Waals surface area (Å²) in [6.45, 7) is 1.36. The van der Waals surface area contributed by atoms with E-state index in [2.05, 4.69) is 10.5 Å². The zero-order valence-electron chi connectivity index (χ0n) is 8.77. The van der Waals surface area contributed by atoms with Gasteiger partial charge < -0.3 is 14.7 Å². The molecule has 0 radical (unpaired) electrons. The fraction of sp³-hybridized carbons (Fsp3) is 0.600. The summed E-state index contributed by atoms with van der Waals surface area (Å²) >= 11 is 0. The first kappa shape index (κ1) is 10.2. The number of likely N-dealkylation sites (tertiary alicyclic amines) is 1. The number of carbonyl (C=O) groups is 1. The first-order valence-corrected chi connectivity index (χ1v) is 5.16. The lowest BCUT2D eigenvalue weighted by Crippen LogP contribution is -2.49. The lowest BCUT2D eigenvalue weighted by molar-refractivity contribution is -0.136. The van der Waals surface area contributed by atoms with Crippen LogP contribution in [0.2, 0.25) is 0 Å². The lowest BCUT2D eigenvalue weighted by Gasteiger charge is -2.31. The Labute approximate surface area is 88.4 Å². The summed E-state index contributed by atoms with van der Waals surface area (Å²) in [4.78, 5) is 13.7. The largest absolute Gasteiger partial charge is 0.364 e. The molecule has 1 fully saturated rings.